The Labute approximate surface area is 201 Å². The molecule has 6 nitrogen and oxygen atoms in total. The molecule has 2 aromatic carbocycles. The lowest BCUT2D eigenvalue weighted by atomic mass is 9.87. The fourth-order valence-corrected chi connectivity index (χ4v) is 4.88. The Morgan fingerprint density at radius 2 is 1.76 bits per heavy atom. The molecule has 0 spiro atoms. The highest BCUT2D eigenvalue weighted by Crippen LogP contribution is 2.47. The summed E-state index contributed by atoms with van der Waals surface area (Å²) in [6, 6.07) is 17.0. The minimum Gasteiger partial charge on any atom is -0.494 e. The van der Waals surface area contributed by atoms with E-state index in [1.807, 2.05) is 42.5 Å². The molecule has 34 heavy (non-hydrogen) atoms. The van der Waals surface area contributed by atoms with Crippen LogP contribution in [0.1, 0.15) is 44.2 Å². The largest absolute Gasteiger partial charge is 0.494 e. The topological polar surface area (TPSA) is 65.1 Å². The molecule has 1 aliphatic carbocycles. The van der Waals surface area contributed by atoms with Gasteiger partial charge >= 0.3 is 12.1 Å². The van der Waals surface area contributed by atoms with E-state index < -0.39 is 12.1 Å². The van der Waals surface area contributed by atoms with Gasteiger partial charge in [0.15, 0.2) is 0 Å². The second kappa shape index (κ2) is 11.2. The lowest BCUT2D eigenvalue weighted by Crippen LogP contribution is -2.44. The van der Waals surface area contributed by atoms with Gasteiger partial charge in [-0.15, -0.1) is 0 Å². The fraction of sp³-hybridized carbons (Fsp3) is 0.429. The molecule has 2 aromatic rings. The number of hydrogen-bond acceptors (Lipinski definition) is 5. The minimum absolute atomic E-state index is 0.0150. The van der Waals surface area contributed by atoms with Gasteiger partial charge in [0.2, 0.25) is 0 Å². The van der Waals surface area contributed by atoms with Crippen LogP contribution in [0.25, 0.3) is 5.57 Å². The molecule has 2 aliphatic rings. The molecular formula is C28H33NO5. The molecule has 1 saturated heterocycles. The Bertz CT molecular complexity index is 1000. The third-order valence-electron chi connectivity index (χ3n) is 6.58. The molecule has 0 unspecified atom stereocenters. The van der Waals surface area contributed by atoms with Crippen molar-refractivity contribution in [1.29, 1.82) is 0 Å². The summed E-state index contributed by atoms with van der Waals surface area (Å²) in [5.41, 5.74) is 3.17. The van der Waals surface area contributed by atoms with E-state index in [9.17, 15) is 9.59 Å². The van der Waals surface area contributed by atoms with Gasteiger partial charge in [0.1, 0.15) is 18.4 Å². The average molecular weight is 464 g/mol. The van der Waals surface area contributed by atoms with E-state index in [-0.39, 0.29) is 31.0 Å². The SMILES string of the molecule is CCCCOc1ccc(C2=CC[C@H]3[C@@H]2CN(C(=O)OCc2ccccc2)[C@@H]3C(=O)OCC)cc1. The van der Waals surface area contributed by atoms with Crippen LogP contribution in [0.3, 0.4) is 0 Å². The highest BCUT2D eigenvalue weighted by Gasteiger charge is 2.52. The van der Waals surface area contributed by atoms with E-state index in [1.54, 1.807) is 11.8 Å². The van der Waals surface area contributed by atoms with E-state index >= 15 is 0 Å². The summed E-state index contributed by atoms with van der Waals surface area (Å²) in [5.74, 6) is 0.541. The number of fused-ring (bicyclic) bond motifs is 1. The molecule has 0 bridgehead atoms. The highest BCUT2D eigenvalue weighted by molar-refractivity contribution is 5.85. The molecule has 6 heteroatoms. The van der Waals surface area contributed by atoms with Gasteiger partial charge < -0.3 is 14.2 Å². The van der Waals surface area contributed by atoms with Gasteiger partial charge in [-0.1, -0.05) is 61.9 Å². The van der Waals surface area contributed by atoms with E-state index in [4.69, 9.17) is 14.2 Å². The smallest absolute Gasteiger partial charge is 0.410 e. The Balaban J connectivity index is 1.47. The summed E-state index contributed by atoms with van der Waals surface area (Å²) in [5, 5.41) is 0. The number of allylic oxidation sites excluding steroid dienone is 1. The molecule has 1 amide bonds. The molecule has 1 heterocycles. The molecule has 3 atom stereocenters. The van der Waals surface area contributed by atoms with Crippen LogP contribution in [-0.4, -0.2) is 42.8 Å². The summed E-state index contributed by atoms with van der Waals surface area (Å²) in [7, 11) is 0. The summed E-state index contributed by atoms with van der Waals surface area (Å²) < 4.78 is 16.7. The van der Waals surface area contributed by atoms with E-state index in [2.05, 4.69) is 25.1 Å². The van der Waals surface area contributed by atoms with Crippen molar-refractivity contribution in [2.24, 2.45) is 11.8 Å². The van der Waals surface area contributed by atoms with Crippen molar-refractivity contribution in [1.82, 2.24) is 4.90 Å². The third kappa shape index (κ3) is 5.27. The number of carbonyl (C=O) groups excluding carboxylic acids is 2. The molecule has 1 fully saturated rings. The minimum atomic E-state index is -0.640. The van der Waals surface area contributed by atoms with Gasteiger partial charge in [0, 0.05) is 18.4 Å². The molecular weight excluding hydrogens is 430 g/mol. The molecule has 180 valence electrons. The van der Waals surface area contributed by atoms with Gasteiger partial charge in [-0.3, -0.25) is 4.90 Å². The monoisotopic (exact) mass is 463 g/mol. The second-order valence-electron chi connectivity index (χ2n) is 8.78. The summed E-state index contributed by atoms with van der Waals surface area (Å²) >= 11 is 0. The Hall–Kier alpha value is -3.28. The average Bonchev–Trinajstić information content (AvgIpc) is 3.43. The van der Waals surface area contributed by atoms with Gasteiger partial charge in [-0.2, -0.15) is 0 Å². The van der Waals surface area contributed by atoms with Crippen LogP contribution < -0.4 is 4.74 Å². The zero-order chi connectivity index (χ0) is 23.9. The Kier molecular flexibility index (Phi) is 7.88. The summed E-state index contributed by atoms with van der Waals surface area (Å²) in [6.45, 7) is 5.52. The maximum atomic E-state index is 13.0. The zero-order valence-corrected chi connectivity index (χ0v) is 19.9. The van der Waals surface area contributed by atoms with Crippen molar-refractivity contribution in [3.05, 3.63) is 71.8 Å². The Morgan fingerprint density at radius 1 is 1.00 bits per heavy atom. The summed E-state index contributed by atoms with van der Waals surface area (Å²) in [6.07, 6.45) is 4.57. The van der Waals surface area contributed by atoms with Crippen molar-refractivity contribution in [2.75, 3.05) is 19.8 Å². The normalized spacial score (nSPS) is 21.1. The van der Waals surface area contributed by atoms with Crippen LogP contribution in [0.15, 0.2) is 60.7 Å². The highest BCUT2D eigenvalue weighted by atomic mass is 16.6. The van der Waals surface area contributed by atoms with Crippen LogP contribution in [0.2, 0.25) is 0 Å². The van der Waals surface area contributed by atoms with Crippen LogP contribution in [0.4, 0.5) is 4.79 Å². The van der Waals surface area contributed by atoms with Crippen molar-refractivity contribution in [3.8, 4) is 5.75 Å². The summed E-state index contributed by atoms with van der Waals surface area (Å²) in [4.78, 5) is 27.5. The van der Waals surface area contributed by atoms with Gasteiger partial charge in [0.05, 0.1) is 13.2 Å². The van der Waals surface area contributed by atoms with Crippen LogP contribution in [0, 0.1) is 11.8 Å². The predicted octanol–water partition coefficient (Wildman–Crippen LogP) is 5.47. The third-order valence-corrected chi connectivity index (χ3v) is 6.58. The van der Waals surface area contributed by atoms with Gasteiger partial charge in [-0.25, -0.2) is 9.59 Å². The van der Waals surface area contributed by atoms with Gasteiger partial charge in [0.25, 0.3) is 0 Å². The first-order valence-corrected chi connectivity index (χ1v) is 12.2. The fourth-order valence-electron chi connectivity index (χ4n) is 4.88. The predicted molar refractivity (Wildman–Crippen MR) is 130 cm³/mol. The number of likely N-dealkylation sites (tertiary alicyclic amines) is 1. The van der Waals surface area contributed by atoms with Crippen molar-refractivity contribution in [3.63, 3.8) is 0 Å². The molecule has 4 rings (SSSR count). The van der Waals surface area contributed by atoms with Crippen molar-refractivity contribution in [2.45, 2.75) is 45.8 Å². The lowest BCUT2D eigenvalue weighted by molar-refractivity contribution is -0.149. The number of benzene rings is 2. The number of carbonyl (C=O) groups is 2. The quantitative estimate of drug-likeness (QED) is 0.364. The standard InChI is InChI=1S/C28H33NO5/c1-3-5-17-33-22-13-11-21(12-14-22)23-15-16-24-25(23)18-29(26(24)27(30)32-4-2)28(31)34-19-20-9-7-6-8-10-20/h6-15,24-26H,3-5,16-19H2,1-2H3/t24-,25+,26-/m0/s1. The first-order valence-electron chi connectivity index (χ1n) is 12.2. The van der Waals surface area contributed by atoms with Crippen LogP contribution in [-0.2, 0) is 20.9 Å². The van der Waals surface area contributed by atoms with Crippen molar-refractivity contribution < 1.29 is 23.8 Å². The second-order valence-corrected chi connectivity index (χ2v) is 8.78. The number of ether oxygens (including phenoxy) is 3. The number of rotatable bonds is 9. The zero-order valence-electron chi connectivity index (χ0n) is 19.9. The van der Waals surface area contributed by atoms with E-state index in [1.165, 1.54) is 0 Å². The number of unbranched alkanes of at least 4 members (excludes halogenated alkanes) is 1. The molecule has 0 N–H and O–H groups in total. The van der Waals surface area contributed by atoms with E-state index in [0.717, 1.165) is 41.7 Å². The maximum Gasteiger partial charge on any atom is 0.410 e. The molecule has 0 radical (unpaired) electrons. The van der Waals surface area contributed by atoms with E-state index in [0.29, 0.717) is 13.2 Å². The first-order chi connectivity index (χ1) is 16.6. The molecule has 0 saturated carbocycles. The number of amides is 1. The van der Waals surface area contributed by atoms with Crippen LogP contribution in [0.5, 0.6) is 5.75 Å². The number of hydrogen-bond donors (Lipinski definition) is 0. The molecule has 0 aromatic heterocycles. The number of nitrogens with zero attached hydrogens (tertiary/aromatic N) is 1. The van der Waals surface area contributed by atoms with Crippen molar-refractivity contribution >= 4 is 17.6 Å². The first kappa shape index (κ1) is 23.9. The Morgan fingerprint density at radius 3 is 2.47 bits per heavy atom. The lowest BCUT2D eigenvalue weighted by Gasteiger charge is -2.25. The molecule has 1 aliphatic heterocycles. The van der Waals surface area contributed by atoms with Gasteiger partial charge in [-0.05, 0) is 48.6 Å². The van der Waals surface area contributed by atoms with Crippen LogP contribution >= 0.6 is 0 Å². The number of esters is 1. The maximum absolute atomic E-state index is 13.0.